The minimum Gasteiger partial charge on any atom is -0.411 e. The van der Waals surface area contributed by atoms with Crippen LogP contribution in [0.5, 0.6) is 0 Å². The zero-order valence-electron chi connectivity index (χ0n) is 8.91. The molecule has 1 N–H and O–H groups in total. The van der Waals surface area contributed by atoms with Crippen molar-refractivity contribution in [3.63, 3.8) is 0 Å². The van der Waals surface area contributed by atoms with Gasteiger partial charge in [-0.3, -0.25) is 9.97 Å². The fourth-order valence-corrected chi connectivity index (χ4v) is 1.95. The van der Waals surface area contributed by atoms with Gasteiger partial charge in [-0.25, -0.2) is 0 Å². The summed E-state index contributed by atoms with van der Waals surface area (Å²) in [7, 11) is 0. The zero-order valence-corrected chi connectivity index (χ0v) is 8.91. The van der Waals surface area contributed by atoms with E-state index in [0.29, 0.717) is 0 Å². The second kappa shape index (κ2) is 3.83. The van der Waals surface area contributed by atoms with Gasteiger partial charge in [0.15, 0.2) is 0 Å². The van der Waals surface area contributed by atoms with E-state index in [4.69, 9.17) is 5.21 Å². The third-order valence-corrected chi connectivity index (χ3v) is 2.71. The van der Waals surface area contributed by atoms with E-state index in [9.17, 15) is 0 Å². The maximum Gasteiger partial charge on any atom is 0.0971 e. The predicted octanol–water partition coefficient (Wildman–Crippen LogP) is 2.59. The van der Waals surface area contributed by atoms with Crippen molar-refractivity contribution in [2.24, 2.45) is 5.16 Å². The van der Waals surface area contributed by atoms with Crippen LogP contribution in [0, 0.1) is 0 Å². The fourth-order valence-electron chi connectivity index (χ4n) is 1.95. The van der Waals surface area contributed by atoms with Gasteiger partial charge in [-0.15, -0.1) is 0 Å². The Bertz CT molecular complexity index is 722. The number of hydrogen-bond acceptors (Lipinski definition) is 4. The molecule has 0 saturated carbocycles. The molecule has 0 amide bonds. The Balaban J connectivity index is 2.48. The predicted molar refractivity (Wildman–Crippen MR) is 66.4 cm³/mol. The molecule has 4 nitrogen and oxygen atoms in total. The van der Waals surface area contributed by atoms with Crippen molar-refractivity contribution >= 4 is 28.0 Å². The standard InChI is InChI=1S/C13H9N3O/c17-16-8-10-5-7-15-13-11(10)4-3-9-2-1-6-14-12(9)13/h1-8,17H/b16-8-. The maximum atomic E-state index is 8.63. The summed E-state index contributed by atoms with van der Waals surface area (Å²) in [6, 6.07) is 9.64. The molecule has 17 heavy (non-hydrogen) atoms. The van der Waals surface area contributed by atoms with Gasteiger partial charge in [-0.2, -0.15) is 0 Å². The Kier molecular flexibility index (Phi) is 2.19. The minimum absolute atomic E-state index is 0.820. The number of benzene rings is 1. The van der Waals surface area contributed by atoms with Gasteiger partial charge in [-0.05, 0) is 12.1 Å². The number of oxime groups is 1. The van der Waals surface area contributed by atoms with E-state index in [1.165, 1.54) is 6.21 Å². The maximum absolute atomic E-state index is 8.63. The summed E-state index contributed by atoms with van der Waals surface area (Å²) in [5.41, 5.74) is 2.50. The molecule has 0 fully saturated rings. The van der Waals surface area contributed by atoms with Gasteiger partial charge < -0.3 is 5.21 Å². The highest BCUT2D eigenvalue weighted by molar-refractivity contribution is 6.08. The van der Waals surface area contributed by atoms with Gasteiger partial charge >= 0.3 is 0 Å². The van der Waals surface area contributed by atoms with E-state index < -0.39 is 0 Å². The number of pyridine rings is 2. The van der Waals surface area contributed by atoms with Crippen LogP contribution >= 0.6 is 0 Å². The first-order valence-electron chi connectivity index (χ1n) is 5.20. The highest BCUT2D eigenvalue weighted by Gasteiger charge is 2.05. The molecule has 1 aromatic carbocycles. The highest BCUT2D eigenvalue weighted by Crippen LogP contribution is 2.23. The van der Waals surface area contributed by atoms with Crippen LogP contribution in [-0.4, -0.2) is 21.4 Å². The van der Waals surface area contributed by atoms with Crippen molar-refractivity contribution in [1.29, 1.82) is 0 Å². The molecule has 0 aliphatic heterocycles. The summed E-state index contributed by atoms with van der Waals surface area (Å²) < 4.78 is 0. The first-order valence-corrected chi connectivity index (χ1v) is 5.20. The Hall–Kier alpha value is -2.49. The van der Waals surface area contributed by atoms with Gasteiger partial charge in [0.05, 0.1) is 17.2 Å². The van der Waals surface area contributed by atoms with E-state index in [1.54, 1.807) is 18.5 Å². The highest BCUT2D eigenvalue weighted by atomic mass is 16.4. The monoisotopic (exact) mass is 223 g/mol. The summed E-state index contributed by atoms with van der Waals surface area (Å²) in [6.45, 7) is 0. The second-order valence-corrected chi connectivity index (χ2v) is 3.68. The smallest absolute Gasteiger partial charge is 0.0971 e. The molecule has 82 valence electrons. The molecule has 3 aromatic rings. The normalized spacial score (nSPS) is 11.5. The van der Waals surface area contributed by atoms with Crippen molar-refractivity contribution in [2.45, 2.75) is 0 Å². The molecule has 3 rings (SSSR count). The SMILES string of the molecule is O/N=C\c1ccnc2c1ccc1cccnc12. The molecule has 0 unspecified atom stereocenters. The average molecular weight is 223 g/mol. The molecule has 4 heteroatoms. The summed E-state index contributed by atoms with van der Waals surface area (Å²) in [6.07, 6.45) is 4.84. The summed E-state index contributed by atoms with van der Waals surface area (Å²) in [5, 5.41) is 13.7. The largest absolute Gasteiger partial charge is 0.411 e. The molecule has 2 heterocycles. The summed E-state index contributed by atoms with van der Waals surface area (Å²) in [5.74, 6) is 0. The van der Waals surface area contributed by atoms with E-state index >= 15 is 0 Å². The molecular weight excluding hydrogens is 214 g/mol. The van der Waals surface area contributed by atoms with Crippen LogP contribution in [0.4, 0.5) is 0 Å². The Morgan fingerprint density at radius 1 is 1.00 bits per heavy atom. The molecule has 0 radical (unpaired) electrons. The summed E-state index contributed by atoms with van der Waals surface area (Å²) >= 11 is 0. The number of hydrogen-bond donors (Lipinski definition) is 1. The van der Waals surface area contributed by atoms with Crippen LogP contribution in [-0.2, 0) is 0 Å². The van der Waals surface area contributed by atoms with E-state index in [2.05, 4.69) is 15.1 Å². The number of rotatable bonds is 1. The van der Waals surface area contributed by atoms with Crippen molar-refractivity contribution in [3.8, 4) is 0 Å². The number of nitrogens with zero attached hydrogens (tertiary/aromatic N) is 3. The average Bonchev–Trinajstić information content (AvgIpc) is 2.39. The third kappa shape index (κ3) is 1.50. The molecule has 0 aliphatic carbocycles. The molecule has 0 aliphatic rings. The Morgan fingerprint density at radius 3 is 2.76 bits per heavy atom. The molecule has 0 spiro atoms. The molecule has 0 atom stereocenters. The number of aromatic nitrogens is 2. The lowest BCUT2D eigenvalue weighted by Gasteiger charge is -2.03. The van der Waals surface area contributed by atoms with Crippen molar-refractivity contribution in [1.82, 2.24) is 9.97 Å². The lowest BCUT2D eigenvalue weighted by atomic mass is 10.1. The Labute approximate surface area is 97.2 Å². The summed E-state index contributed by atoms with van der Waals surface area (Å²) in [4.78, 5) is 8.69. The first kappa shape index (κ1) is 9.72. The second-order valence-electron chi connectivity index (χ2n) is 3.68. The Morgan fingerprint density at radius 2 is 1.88 bits per heavy atom. The van der Waals surface area contributed by atoms with Gasteiger partial charge in [0.1, 0.15) is 0 Å². The molecule has 0 saturated heterocycles. The zero-order chi connectivity index (χ0) is 11.7. The van der Waals surface area contributed by atoms with Crippen LogP contribution in [0.3, 0.4) is 0 Å². The third-order valence-electron chi connectivity index (χ3n) is 2.71. The first-order chi connectivity index (χ1) is 8.40. The molecule has 0 bridgehead atoms. The van der Waals surface area contributed by atoms with Crippen molar-refractivity contribution in [3.05, 3.63) is 48.3 Å². The lowest BCUT2D eigenvalue weighted by molar-refractivity contribution is 0.322. The van der Waals surface area contributed by atoms with E-state index in [1.807, 2.05) is 24.3 Å². The van der Waals surface area contributed by atoms with Crippen LogP contribution < -0.4 is 0 Å². The van der Waals surface area contributed by atoms with E-state index in [-0.39, 0.29) is 0 Å². The molecule has 2 aromatic heterocycles. The van der Waals surface area contributed by atoms with Gasteiger partial charge in [0, 0.05) is 28.7 Å². The van der Waals surface area contributed by atoms with Crippen LogP contribution in [0.25, 0.3) is 21.8 Å². The van der Waals surface area contributed by atoms with Gasteiger partial charge in [0.25, 0.3) is 0 Å². The van der Waals surface area contributed by atoms with Crippen molar-refractivity contribution < 1.29 is 5.21 Å². The van der Waals surface area contributed by atoms with Gasteiger partial charge in [0.2, 0.25) is 0 Å². The molecular formula is C13H9N3O. The van der Waals surface area contributed by atoms with Crippen LogP contribution in [0.2, 0.25) is 0 Å². The van der Waals surface area contributed by atoms with Crippen LogP contribution in [0.1, 0.15) is 5.56 Å². The topological polar surface area (TPSA) is 58.4 Å². The number of fused-ring (bicyclic) bond motifs is 3. The van der Waals surface area contributed by atoms with Crippen molar-refractivity contribution in [2.75, 3.05) is 0 Å². The van der Waals surface area contributed by atoms with Crippen LogP contribution in [0.15, 0.2) is 47.9 Å². The van der Waals surface area contributed by atoms with Gasteiger partial charge in [-0.1, -0.05) is 23.4 Å². The van der Waals surface area contributed by atoms with E-state index in [0.717, 1.165) is 27.4 Å². The fraction of sp³-hybridized carbons (Fsp3) is 0. The lowest BCUT2D eigenvalue weighted by Crippen LogP contribution is -1.89. The quantitative estimate of drug-likeness (QED) is 0.298. The minimum atomic E-state index is 0.820.